The Morgan fingerprint density at radius 2 is 1.68 bits per heavy atom. The molecule has 5 heteroatoms. The van der Waals surface area contributed by atoms with Crippen LogP contribution in [0.2, 0.25) is 0 Å². The summed E-state index contributed by atoms with van der Waals surface area (Å²) in [6, 6.07) is 11.0. The third kappa shape index (κ3) is 5.72. The molecule has 0 unspecified atom stereocenters. The van der Waals surface area contributed by atoms with E-state index < -0.39 is 0 Å². The Hall–Kier alpha value is -1.59. The van der Waals surface area contributed by atoms with Gasteiger partial charge in [-0.15, -0.1) is 0 Å². The molecule has 1 aromatic carbocycles. The number of nitrogens with zero attached hydrogens (tertiary/aromatic N) is 3. The van der Waals surface area contributed by atoms with Gasteiger partial charge in [-0.1, -0.05) is 30.3 Å². The van der Waals surface area contributed by atoms with Crippen molar-refractivity contribution in [3.63, 3.8) is 0 Å². The first-order valence-corrected chi connectivity index (χ1v) is 9.75. The second kappa shape index (κ2) is 9.20. The van der Waals surface area contributed by atoms with Crippen molar-refractivity contribution < 1.29 is 4.79 Å². The number of hydrogen-bond donors (Lipinski definition) is 1. The molecule has 0 bridgehead atoms. The van der Waals surface area contributed by atoms with Crippen molar-refractivity contribution in [3.05, 3.63) is 35.9 Å². The molecule has 1 N–H and O–H groups in total. The summed E-state index contributed by atoms with van der Waals surface area (Å²) in [4.78, 5) is 19.3. The summed E-state index contributed by atoms with van der Waals surface area (Å²) in [5.74, 6) is 0. The number of likely N-dealkylation sites (tertiary alicyclic amines) is 1. The van der Waals surface area contributed by atoms with Crippen molar-refractivity contribution in [1.82, 2.24) is 20.0 Å². The van der Waals surface area contributed by atoms with E-state index in [9.17, 15) is 4.79 Å². The van der Waals surface area contributed by atoms with Gasteiger partial charge in [0, 0.05) is 45.3 Å². The molecule has 2 amide bonds. The van der Waals surface area contributed by atoms with Gasteiger partial charge in [-0.25, -0.2) is 4.79 Å². The van der Waals surface area contributed by atoms with Gasteiger partial charge in [-0.3, -0.25) is 4.90 Å². The number of piperazine rings is 1. The summed E-state index contributed by atoms with van der Waals surface area (Å²) in [7, 11) is 0. The van der Waals surface area contributed by atoms with E-state index in [-0.39, 0.29) is 12.1 Å². The average Bonchev–Trinajstić information content (AvgIpc) is 3.14. The van der Waals surface area contributed by atoms with Crippen LogP contribution in [0.1, 0.15) is 25.3 Å². The van der Waals surface area contributed by atoms with Crippen LogP contribution in [0, 0.1) is 0 Å². The molecule has 2 aliphatic heterocycles. The minimum absolute atomic E-state index is 0.106. The molecule has 5 nitrogen and oxygen atoms in total. The Morgan fingerprint density at radius 3 is 2.36 bits per heavy atom. The lowest BCUT2D eigenvalue weighted by Crippen LogP contribution is -2.54. The van der Waals surface area contributed by atoms with Crippen LogP contribution in [0.15, 0.2) is 30.3 Å². The summed E-state index contributed by atoms with van der Waals surface area (Å²) in [5, 5.41) is 3.18. The van der Waals surface area contributed by atoms with Gasteiger partial charge < -0.3 is 15.1 Å². The number of benzene rings is 1. The lowest BCUT2D eigenvalue weighted by Gasteiger charge is -2.35. The monoisotopic (exact) mass is 344 g/mol. The minimum atomic E-state index is 0.106. The molecule has 0 aromatic heterocycles. The number of hydrogen-bond acceptors (Lipinski definition) is 3. The molecule has 2 heterocycles. The fraction of sp³-hybridized carbons (Fsp3) is 0.650. The number of urea groups is 1. The molecular formula is C20H32N4O. The molecule has 138 valence electrons. The highest BCUT2D eigenvalue weighted by Gasteiger charge is 2.23. The second-order valence-corrected chi connectivity index (χ2v) is 7.42. The molecular weight excluding hydrogens is 312 g/mol. The molecule has 3 rings (SSSR count). The molecule has 0 radical (unpaired) electrons. The van der Waals surface area contributed by atoms with Crippen molar-refractivity contribution in [2.24, 2.45) is 0 Å². The zero-order valence-electron chi connectivity index (χ0n) is 15.5. The lowest BCUT2D eigenvalue weighted by molar-refractivity contribution is 0.137. The van der Waals surface area contributed by atoms with Gasteiger partial charge in [0.05, 0.1) is 0 Å². The van der Waals surface area contributed by atoms with Gasteiger partial charge in [-0.05, 0) is 44.8 Å². The smallest absolute Gasteiger partial charge is 0.317 e. The van der Waals surface area contributed by atoms with Crippen LogP contribution >= 0.6 is 0 Å². The number of nitrogens with one attached hydrogen (secondary N) is 1. The summed E-state index contributed by atoms with van der Waals surface area (Å²) < 4.78 is 0. The first-order valence-electron chi connectivity index (χ1n) is 9.75. The number of carbonyl (C=O) groups excluding carboxylic acids is 1. The SMILES string of the molecule is C[C@H](CN1CCCC1)NC(=O)N1CCN(CCc2ccccc2)CC1. The average molecular weight is 345 g/mol. The van der Waals surface area contributed by atoms with Crippen molar-refractivity contribution in [3.8, 4) is 0 Å². The van der Waals surface area contributed by atoms with Gasteiger partial charge in [0.15, 0.2) is 0 Å². The highest BCUT2D eigenvalue weighted by atomic mass is 16.2. The lowest BCUT2D eigenvalue weighted by atomic mass is 10.1. The predicted molar refractivity (Wildman–Crippen MR) is 102 cm³/mol. The van der Waals surface area contributed by atoms with Crippen molar-refractivity contribution in [2.45, 2.75) is 32.2 Å². The maximum Gasteiger partial charge on any atom is 0.317 e. The van der Waals surface area contributed by atoms with Crippen LogP contribution in [-0.2, 0) is 6.42 Å². The van der Waals surface area contributed by atoms with E-state index in [1.165, 1.54) is 31.5 Å². The quantitative estimate of drug-likeness (QED) is 0.858. The maximum atomic E-state index is 12.4. The fourth-order valence-electron chi connectivity index (χ4n) is 3.81. The molecule has 0 saturated carbocycles. The van der Waals surface area contributed by atoms with Crippen LogP contribution in [0.25, 0.3) is 0 Å². The number of rotatable bonds is 6. The van der Waals surface area contributed by atoms with Gasteiger partial charge >= 0.3 is 6.03 Å². The Bertz CT molecular complexity index is 522. The standard InChI is InChI=1S/C20H32N4O/c1-18(17-23-10-5-6-11-23)21-20(25)24-15-13-22(14-16-24)12-9-19-7-3-2-4-8-19/h2-4,7-8,18H,5-6,9-17H2,1H3,(H,21,25)/t18-/m1/s1. The number of amides is 2. The highest BCUT2D eigenvalue weighted by Crippen LogP contribution is 2.09. The van der Waals surface area contributed by atoms with E-state index >= 15 is 0 Å². The Balaban J connectivity index is 1.34. The van der Waals surface area contributed by atoms with Gasteiger partial charge in [0.1, 0.15) is 0 Å². The van der Waals surface area contributed by atoms with E-state index in [1.807, 2.05) is 4.90 Å². The fourth-order valence-corrected chi connectivity index (χ4v) is 3.81. The van der Waals surface area contributed by atoms with Crippen molar-refractivity contribution in [2.75, 3.05) is 52.4 Å². The zero-order valence-corrected chi connectivity index (χ0v) is 15.5. The van der Waals surface area contributed by atoms with E-state index in [1.54, 1.807) is 0 Å². The maximum absolute atomic E-state index is 12.4. The molecule has 0 spiro atoms. The predicted octanol–water partition coefficient (Wildman–Crippen LogP) is 2.04. The molecule has 2 aliphatic rings. The summed E-state index contributed by atoms with van der Waals surface area (Å²) in [6.07, 6.45) is 3.68. The van der Waals surface area contributed by atoms with Crippen LogP contribution < -0.4 is 5.32 Å². The molecule has 1 atom stereocenters. The Kier molecular flexibility index (Phi) is 6.70. The summed E-state index contributed by atoms with van der Waals surface area (Å²) in [6.45, 7) is 10.1. The molecule has 25 heavy (non-hydrogen) atoms. The van der Waals surface area contributed by atoms with Crippen LogP contribution in [0.5, 0.6) is 0 Å². The number of carbonyl (C=O) groups is 1. The summed E-state index contributed by atoms with van der Waals surface area (Å²) in [5.41, 5.74) is 1.39. The van der Waals surface area contributed by atoms with E-state index in [4.69, 9.17) is 0 Å². The molecule has 0 aliphatic carbocycles. The third-order valence-electron chi connectivity index (χ3n) is 5.32. The summed E-state index contributed by atoms with van der Waals surface area (Å²) >= 11 is 0. The molecule has 2 fully saturated rings. The van der Waals surface area contributed by atoms with Crippen molar-refractivity contribution in [1.29, 1.82) is 0 Å². The topological polar surface area (TPSA) is 38.8 Å². The minimum Gasteiger partial charge on any atom is -0.334 e. The highest BCUT2D eigenvalue weighted by molar-refractivity contribution is 5.74. The Morgan fingerprint density at radius 1 is 1.00 bits per heavy atom. The van der Waals surface area contributed by atoms with Crippen molar-refractivity contribution >= 4 is 6.03 Å². The second-order valence-electron chi connectivity index (χ2n) is 7.42. The van der Waals surface area contributed by atoms with E-state index in [0.29, 0.717) is 0 Å². The first kappa shape index (κ1) is 18.2. The molecule has 2 saturated heterocycles. The zero-order chi connectivity index (χ0) is 17.5. The normalized spacial score (nSPS) is 20.6. The third-order valence-corrected chi connectivity index (χ3v) is 5.32. The largest absolute Gasteiger partial charge is 0.334 e. The van der Waals surface area contributed by atoms with Crippen LogP contribution in [0.3, 0.4) is 0 Å². The molecule has 1 aromatic rings. The van der Waals surface area contributed by atoms with Crippen LogP contribution in [0.4, 0.5) is 4.79 Å². The van der Waals surface area contributed by atoms with Crippen LogP contribution in [-0.4, -0.2) is 79.1 Å². The van der Waals surface area contributed by atoms with Gasteiger partial charge in [-0.2, -0.15) is 0 Å². The van der Waals surface area contributed by atoms with E-state index in [0.717, 1.165) is 45.7 Å². The van der Waals surface area contributed by atoms with Gasteiger partial charge in [0.2, 0.25) is 0 Å². The van der Waals surface area contributed by atoms with Gasteiger partial charge in [0.25, 0.3) is 0 Å². The Labute approximate surface area is 152 Å². The van der Waals surface area contributed by atoms with E-state index in [2.05, 4.69) is 52.4 Å². The first-order chi connectivity index (χ1) is 12.2.